The van der Waals surface area contributed by atoms with Crippen molar-refractivity contribution >= 4 is 29.2 Å². The van der Waals surface area contributed by atoms with Crippen LogP contribution in [0.5, 0.6) is 0 Å². The van der Waals surface area contributed by atoms with Gasteiger partial charge in [0.2, 0.25) is 11.8 Å². The quantitative estimate of drug-likeness (QED) is 0.795. The molecule has 0 heterocycles. The van der Waals surface area contributed by atoms with Gasteiger partial charge in [-0.05, 0) is 67.8 Å². The fourth-order valence-electron chi connectivity index (χ4n) is 2.87. The van der Waals surface area contributed by atoms with Gasteiger partial charge in [-0.3, -0.25) is 9.59 Å². The van der Waals surface area contributed by atoms with Crippen molar-refractivity contribution in [3.63, 3.8) is 0 Å². The van der Waals surface area contributed by atoms with Crippen molar-refractivity contribution in [3.8, 4) is 0 Å². The van der Waals surface area contributed by atoms with Crippen molar-refractivity contribution in [2.45, 2.75) is 20.3 Å². The van der Waals surface area contributed by atoms with Crippen LogP contribution in [0.3, 0.4) is 0 Å². The van der Waals surface area contributed by atoms with Crippen molar-refractivity contribution in [2.24, 2.45) is 11.8 Å². The van der Waals surface area contributed by atoms with Gasteiger partial charge in [0.25, 0.3) is 0 Å². The van der Waals surface area contributed by atoms with Gasteiger partial charge in [0.15, 0.2) is 0 Å². The molecule has 0 bridgehead atoms. The molecule has 2 N–H and O–H groups in total. The number of amides is 2. The largest absolute Gasteiger partial charge is 0.465 e. The molecule has 1 aliphatic carbocycles. The highest BCUT2D eigenvalue weighted by molar-refractivity contribution is 6.03. The van der Waals surface area contributed by atoms with Crippen LogP contribution >= 0.6 is 0 Å². The summed E-state index contributed by atoms with van der Waals surface area (Å²) in [6, 6.07) is 12.2. The smallest absolute Gasteiger partial charge is 0.337 e. The summed E-state index contributed by atoms with van der Waals surface area (Å²) in [6.45, 7) is 4.00. The number of anilines is 2. The number of esters is 1. The highest BCUT2D eigenvalue weighted by Gasteiger charge is 2.48. The van der Waals surface area contributed by atoms with Crippen molar-refractivity contribution in [2.75, 3.05) is 17.7 Å². The van der Waals surface area contributed by atoms with Gasteiger partial charge in [-0.15, -0.1) is 0 Å². The molecule has 2 amide bonds. The molecule has 2 aromatic rings. The lowest BCUT2D eigenvalue weighted by Gasteiger charge is -2.08. The lowest BCUT2D eigenvalue weighted by atomic mass is 10.1. The molecule has 0 saturated heterocycles. The van der Waals surface area contributed by atoms with Crippen LogP contribution in [-0.2, 0) is 14.3 Å². The average molecular weight is 366 g/mol. The monoisotopic (exact) mass is 366 g/mol. The van der Waals surface area contributed by atoms with Gasteiger partial charge >= 0.3 is 5.97 Å². The molecule has 6 nitrogen and oxygen atoms in total. The molecule has 0 aromatic heterocycles. The van der Waals surface area contributed by atoms with E-state index in [0.717, 1.165) is 16.8 Å². The van der Waals surface area contributed by atoms with Crippen LogP contribution in [0.4, 0.5) is 11.4 Å². The molecule has 27 heavy (non-hydrogen) atoms. The molecule has 1 saturated carbocycles. The zero-order chi connectivity index (χ0) is 19.6. The number of nitrogens with one attached hydrogen (secondary N) is 2. The summed E-state index contributed by atoms with van der Waals surface area (Å²) in [7, 11) is 1.31. The summed E-state index contributed by atoms with van der Waals surface area (Å²) >= 11 is 0. The number of carbonyl (C=O) groups is 3. The Morgan fingerprint density at radius 1 is 0.852 bits per heavy atom. The first kappa shape index (κ1) is 18.6. The number of benzene rings is 2. The van der Waals surface area contributed by atoms with Gasteiger partial charge in [-0.25, -0.2) is 4.79 Å². The molecule has 1 fully saturated rings. The summed E-state index contributed by atoms with van der Waals surface area (Å²) in [6.07, 6.45) is 0.531. The highest BCUT2D eigenvalue weighted by Crippen LogP contribution is 2.40. The molecule has 1 aliphatic rings. The molecule has 6 heteroatoms. The Morgan fingerprint density at radius 2 is 1.41 bits per heavy atom. The van der Waals surface area contributed by atoms with Crippen molar-refractivity contribution in [1.82, 2.24) is 0 Å². The molecular formula is C21H22N2O4. The fraction of sp³-hybridized carbons (Fsp3) is 0.286. The van der Waals surface area contributed by atoms with Gasteiger partial charge < -0.3 is 15.4 Å². The summed E-state index contributed by atoms with van der Waals surface area (Å²) in [5, 5.41) is 5.66. The first-order valence-electron chi connectivity index (χ1n) is 8.76. The van der Waals surface area contributed by atoms with E-state index in [1.165, 1.54) is 7.11 Å². The molecule has 2 unspecified atom stereocenters. The van der Waals surface area contributed by atoms with E-state index in [1.54, 1.807) is 24.3 Å². The maximum atomic E-state index is 12.3. The molecule has 0 radical (unpaired) electrons. The van der Waals surface area contributed by atoms with E-state index in [4.69, 9.17) is 0 Å². The molecule has 2 atom stereocenters. The first-order valence-corrected chi connectivity index (χ1v) is 8.76. The zero-order valence-corrected chi connectivity index (χ0v) is 15.5. The Bertz CT molecular complexity index is 890. The maximum absolute atomic E-state index is 12.3. The van der Waals surface area contributed by atoms with Crippen molar-refractivity contribution in [1.29, 1.82) is 0 Å². The summed E-state index contributed by atoms with van der Waals surface area (Å²) in [5.74, 6) is -1.42. The maximum Gasteiger partial charge on any atom is 0.337 e. The third kappa shape index (κ3) is 4.34. The van der Waals surface area contributed by atoms with Gasteiger partial charge in [0, 0.05) is 11.4 Å². The highest BCUT2D eigenvalue weighted by atomic mass is 16.5. The number of ether oxygens (including phenoxy) is 1. The van der Waals surface area contributed by atoms with E-state index < -0.39 is 5.97 Å². The summed E-state index contributed by atoms with van der Waals surface area (Å²) in [4.78, 5) is 36.1. The van der Waals surface area contributed by atoms with Gasteiger partial charge in [-0.1, -0.05) is 6.07 Å². The number of carbonyl (C=O) groups excluding carboxylic acids is 3. The normalized spacial score (nSPS) is 17.7. The van der Waals surface area contributed by atoms with E-state index in [2.05, 4.69) is 15.4 Å². The Hall–Kier alpha value is -3.15. The minimum atomic E-state index is -0.432. The molecule has 3 rings (SSSR count). The van der Waals surface area contributed by atoms with Crippen LogP contribution in [0.15, 0.2) is 42.5 Å². The predicted molar refractivity (Wildman–Crippen MR) is 103 cm³/mol. The lowest BCUT2D eigenvalue weighted by Crippen LogP contribution is -2.20. The summed E-state index contributed by atoms with van der Waals surface area (Å²) < 4.78 is 4.64. The summed E-state index contributed by atoms with van der Waals surface area (Å²) in [5.41, 5.74) is 4.00. The Balaban J connectivity index is 1.54. The van der Waals surface area contributed by atoms with E-state index in [9.17, 15) is 14.4 Å². The standard InChI is InChI=1S/C21H22N2O4/c1-12-4-7-16(10-13(12)2)23-20(25)18-11-17(18)19(24)22-15-8-5-14(6-9-15)21(26)27-3/h4-10,17-18H,11H2,1-3H3,(H,22,24)(H,23,25). The van der Waals surface area contributed by atoms with Crippen molar-refractivity contribution < 1.29 is 19.1 Å². The Kier molecular flexibility index (Phi) is 5.26. The Morgan fingerprint density at radius 3 is 1.96 bits per heavy atom. The number of hydrogen-bond donors (Lipinski definition) is 2. The lowest BCUT2D eigenvalue weighted by molar-refractivity contribution is -0.122. The van der Waals surface area contributed by atoms with Crippen LogP contribution < -0.4 is 10.6 Å². The fourth-order valence-corrected chi connectivity index (χ4v) is 2.87. The topological polar surface area (TPSA) is 84.5 Å². The average Bonchev–Trinajstić information content (AvgIpc) is 3.46. The number of methoxy groups -OCH3 is 1. The third-order valence-electron chi connectivity index (χ3n) is 4.81. The minimum absolute atomic E-state index is 0.139. The number of rotatable bonds is 5. The zero-order valence-electron chi connectivity index (χ0n) is 15.5. The second kappa shape index (κ2) is 7.61. The van der Waals surface area contributed by atoms with Crippen LogP contribution in [0.25, 0.3) is 0 Å². The van der Waals surface area contributed by atoms with E-state index in [1.807, 2.05) is 32.0 Å². The molecule has 140 valence electrons. The minimum Gasteiger partial charge on any atom is -0.465 e. The Labute approximate surface area is 157 Å². The van der Waals surface area contributed by atoms with E-state index in [0.29, 0.717) is 17.7 Å². The van der Waals surface area contributed by atoms with Crippen LogP contribution in [-0.4, -0.2) is 24.9 Å². The second-order valence-corrected chi connectivity index (χ2v) is 6.80. The van der Waals surface area contributed by atoms with Gasteiger partial charge in [0.1, 0.15) is 0 Å². The van der Waals surface area contributed by atoms with Crippen molar-refractivity contribution in [3.05, 3.63) is 59.2 Å². The van der Waals surface area contributed by atoms with Crippen LogP contribution in [0.1, 0.15) is 27.9 Å². The van der Waals surface area contributed by atoms with Crippen LogP contribution in [0, 0.1) is 25.7 Å². The molecule has 0 spiro atoms. The van der Waals surface area contributed by atoms with E-state index >= 15 is 0 Å². The van der Waals surface area contributed by atoms with Gasteiger partial charge in [0.05, 0.1) is 24.5 Å². The predicted octanol–water partition coefficient (Wildman–Crippen LogP) is 3.30. The SMILES string of the molecule is COC(=O)c1ccc(NC(=O)C2CC2C(=O)Nc2ccc(C)c(C)c2)cc1. The third-order valence-corrected chi connectivity index (χ3v) is 4.81. The molecule has 0 aliphatic heterocycles. The number of aryl methyl sites for hydroxylation is 2. The van der Waals surface area contributed by atoms with Gasteiger partial charge in [-0.2, -0.15) is 0 Å². The second-order valence-electron chi connectivity index (χ2n) is 6.80. The van der Waals surface area contributed by atoms with E-state index in [-0.39, 0.29) is 23.7 Å². The molecular weight excluding hydrogens is 344 g/mol. The first-order chi connectivity index (χ1) is 12.9. The number of hydrogen-bond acceptors (Lipinski definition) is 4. The van der Waals surface area contributed by atoms with Crippen LogP contribution in [0.2, 0.25) is 0 Å². The molecule has 2 aromatic carbocycles.